The summed E-state index contributed by atoms with van der Waals surface area (Å²) < 4.78 is 12.3. The highest BCUT2D eigenvalue weighted by molar-refractivity contribution is 5.64. The third-order valence-corrected chi connectivity index (χ3v) is 7.68. The highest BCUT2D eigenvalue weighted by Crippen LogP contribution is 2.39. The molecule has 3 atom stereocenters. The number of piperidine rings is 1. The summed E-state index contributed by atoms with van der Waals surface area (Å²) in [4.78, 5) is 0. The van der Waals surface area contributed by atoms with E-state index in [1.807, 2.05) is 0 Å². The van der Waals surface area contributed by atoms with E-state index >= 15 is 0 Å². The topological polar surface area (TPSA) is 30.5 Å². The smallest absolute Gasteiger partial charge is 0.0772 e. The second kappa shape index (κ2) is 12.0. The molecule has 2 aliphatic rings. The minimum atomic E-state index is 0.209. The zero-order valence-electron chi connectivity index (χ0n) is 21.0. The summed E-state index contributed by atoms with van der Waals surface area (Å²) >= 11 is 0. The number of aryl methyl sites for hydroxylation is 1. The molecule has 0 aromatic heterocycles. The minimum absolute atomic E-state index is 0.209. The fraction of sp³-hybridized carbons (Fsp3) is 0.438. The Morgan fingerprint density at radius 2 is 1.63 bits per heavy atom. The van der Waals surface area contributed by atoms with Crippen LogP contribution in [0.4, 0.5) is 0 Å². The van der Waals surface area contributed by atoms with Gasteiger partial charge in [-0.25, -0.2) is 0 Å². The lowest BCUT2D eigenvalue weighted by atomic mass is 9.86. The predicted octanol–water partition coefficient (Wildman–Crippen LogP) is 6.42. The number of ether oxygens (including phenoxy) is 2. The van der Waals surface area contributed by atoms with Crippen LogP contribution in [0.3, 0.4) is 0 Å². The first kappa shape index (κ1) is 24.2. The number of hydrogen-bond donors (Lipinski definition) is 1. The molecule has 1 heterocycles. The van der Waals surface area contributed by atoms with Crippen molar-refractivity contribution < 1.29 is 9.47 Å². The Bertz CT molecular complexity index is 1060. The third-order valence-electron chi connectivity index (χ3n) is 7.68. The summed E-state index contributed by atoms with van der Waals surface area (Å²) in [7, 11) is 1.78. The number of nitrogens with one attached hydrogen (secondary N) is 1. The zero-order chi connectivity index (χ0) is 23.9. The van der Waals surface area contributed by atoms with Crippen molar-refractivity contribution in [2.45, 2.75) is 56.7 Å². The first-order valence-electron chi connectivity index (χ1n) is 13.4. The van der Waals surface area contributed by atoms with Crippen LogP contribution in [-0.2, 0) is 22.3 Å². The molecule has 0 radical (unpaired) electrons. The van der Waals surface area contributed by atoms with Crippen LogP contribution in [0.2, 0.25) is 0 Å². The average Bonchev–Trinajstić information content (AvgIpc) is 3.76. The maximum absolute atomic E-state index is 7.03. The van der Waals surface area contributed by atoms with Crippen LogP contribution >= 0.6 is 0 Å². The van der Waals surface area contributed by atoms with Crippen molar-refractivity contribution in [3.63, 3.8) is 0 Å². The maximum atomic E-state index is 7.03. The van der Waals surface area contributed by atoms with Crippen molar-refractivity contribution in [1.29, 1.82) is 0 Å². The molecule has 2 fully saturated rings. The molecule has 0 spiro atoms. The molecule has 1 saturated heterocycles. The van der Waals surface area contributed by atoms with Crippen molar-refractivity contribution in [2.24, 2.45) is 5.92 Å². The van der Waals surface area contributed by atoms with Gasteiger partial charge in [0.25, 0.3) is 0 Å². The molecule has 1 unspecified atom stereocenters. The predicted molar refractivity (Wildman–Crippen MR) is 144 cm³/mol. The van der Waals surface area contributed by atoms with Gasteiger partial charge in [-0.2, -0.15) is 0 Å². The average molecular weight is 470 g/mol. The lowest BCUT2D eigenvalue weighted by molar-refractivity contribution is -0.0439. The molecule has 1 saturated carbocycles. The molecule has 3 nitrogen and oxygen atoms in total. The van der Waals surface area contributed by atoms with Gasteiger partial charge in [0.2, 0.25) is 0 Å². The van der Waals surface area contributed by atoms with E-state index in [2.05, 4.69) is 84.2 Å². The molecule has 1 N–H and O–H groups in total. The molecular weight excluding hydrogens is 430 g/mol. The molecule has 184 valence electrons. The fourth-order valence-corrected chi connectivity index (χ4v) is 5.58. The Hall–Kier alpha value is -2.46. The van der Waals surface area contributed by atoms with Crippen LogP contribution in [0.1, 0.15) is 48.3 Å². The second-order valence-corrected chi connectivity index (χ2v) is 10.2. The van der Waals surface area contributed by atoms with Gasteiger partial charge in [0.15, 0.2) is 0 Å². The quantitative estimate of drug-likeness (QED) is 0.329. The van der Waals surface area contributed by atoms with Gasteiger partial charge in [-0.3, -0.25) is 0 Å². The molecule has 3 aromatic rings. The standard InChI is InChI=1S/C32H39NO2/c1-34-20-8-15-25-11-5-6-12-28(25)22-31(26-16-17-26)35-32-23-33-19-18-30(32)29-14-7-13-27(21-29)24-9-3-2-4-10-24/h2-7,9-14,21,26,30-33H,8,15-20,22-23H2,1H3/t30-,31?,32+/m1/s1. The Balaban J connectivity index is 1.32. The summed E-state index contributed by atoms with van der Waals surface area (Å²) in [5.74, 6) is 1.12. The SMILES string of the molecule is COCCCc1ccccc1CC(O[C@H]1CNCC[C@@H]1c1cccc(-c2ccccc2)c1)C1CC1. The Labute approximate surface area is 210 Å². The van der Waals surface area contributed by atoms with E-state index in [1.54, 1.807) is 7.11 Å². The molecule has 3 heteroatoms. The van der Waals surface area contributed by atoms with Gasteiger partial charge in [0.1, 0.15) is 0 Å². The van der Waals surface area contributed by atoms with E-state index in [0.29, 0.717) is 17.9 Å². The largest absolute Gasteiger partial charge is 0.385 e. The highest BCUT2D eigenvalue weighted by atomic mass is 16.5. The van der Waals surface area contributed by atoms with Gasteiger partial charge in [0.05, 0.1) is 12.2 Å². The number of methoxy groups -OCH3 is 1. The van der Waals surface area contributed by atoms with E-state index in [1.165, 1.54) is 40.7 Å². The van der Waals surface area contributed by atoms with Gasteiger partial charge in [-0.1, -0.05) is 78.9 Å². The summed E-state index contributed by atoms with van der Waals surface area (Å²) in [6, 6.07) is 28.8. The molecule has 5 rings (SSSR count). The van der Waals surface area contributed by atoms with Crippen LogP contribution in [0.25, 0.3) is 11.1 Å². The van der Waals surface area contributed by atoms with E-state index in [-0.39, 0.29) is 6.10 Å². The normalized spacial score (nSPS) is 21.1. The molecule has 0 bridgehead atoms. The van der Waals surface area contributed by atoms with Gasteiger partial charge >= 0.3 is 0 Å². The molecule has 3 aromatic carbocycles. The van der Waals surface area contributed by atoms with Gasteiger partial charge in [0, 0.05) is 26.2 Å². The molecule has 0 amide bonds. The van der Waals surface area contributed by atoms with Crippen molar-refractivity contribution >= 4 is 0 Å². The summed E-state index contributed by atoms with van der Waals surface area (Å²) in [5.41, 5.74) is 6.89. The Morgan fingerprint density at radius 1 is 0.857 bits per heavy atom. The molecular formula is C32H39NO2. The van der Waals surface area contributed by atoms with E-state index in [4.69, 9.17) is 9.47 Å². The van der Waals surface area contributed by atoms with Crippen molar-refractivity contribution in [1.82, 2.24) is 5.32 Å². The van der Waals surface area contributed by atoms with Gasteiger partial charge in [-0.05, 0) is 78.8 Å². The maximum Gasteiger partial charge on any atom is 0.0772 e. The van der Waals surface area contributed by atoms with E-state index in [0.717, 1.165) is 45.4 Å². The monoisotopic (exact) mass is 469 g/mol. The van der Waals surface area contributed by atoms with Crippen LogP contribution in [-0.4, -0.2) is 39.0 Å². The molecule has 1 aliphatic carbocycles. The number of rotatable bonds is 11. The van der Waals surface area contributed by atoms with Crippen LogP contribution in [0, 0.1) is 5.92 Å². The number of benzene rings is 3. The first-order valence-corrected chi connectivity index (χ1v) is 13.4. The zero-order valence-corrected chi connectivity index (χ0v) is 21.0. The summed E-state index contributed by atoms with van der Waals surface area (Å²) in [6.45, 7) is 2.80. The van der Waals surface area contributed by atoms with E-state index < -0.39 is 0 Å². The van der Waals surface area contributed by atoms with E-state index in [9.17, 15) is 0 Å². The fourth-order valence-electron chi connectivity index (χ4n) is 5.58. The van der Waals surface area contributed by atoms with Crippen molar-refractivity contribution in [2.75, 3.05) is 26.8 Å². The first-order chi connectivity index (χ1) is 17.3. The lowest BCUT2D eigenvalue weighted by Gasteiger charge is -2.36. The molecule has 1 aliphatic heterocycles. The molecule has 35 heavy (non-hydrogen) atoms. The Morgan fingerprint density at radius 3 is 2.43 bits per heavy atom. The lowest BCUT2D eigenvalue weighted by Crippen LogP contribution is -2.43. The van der Waals surface area contributed by atoms with Gasteiger partial charge < -0.3 is 14.8 Å². The van der Waals surface area contributed by atoms with Gasteiger partial charge in [-0.15, -0.1) is 0 Å². The minimum Gasteiger partial charge on any atom is -0.385 e. The number of hydrogen-bond acceptors (Lipinski definition) is 3. The highest BCUT2D eigenvalue weighted by Gasteiger charge is 2.37. The van der Waals surface area contributed by atoms with Crippen molar-refractivity contribution in [3.8, 4) is 11.1 Å². The summed E-state index contributed by atoms with van der Waals surface area (Å²) in [6.07, 6.45) is 7.37. The summed E-state index contributed by atoms with van der Waals surface area (Å²) in [5, 5.41) is 3.62. The third kappa shape index (κ3) is 6.41. The van der Waals surface area contributed by atoms with Crippen LogP contribution in [0.15, 0.2) is 78.9 Å². The Kier molecular flexibility index (Phi) is 8.30. The van der Waals surface area contributed by atoms with Crippen LogP contribution in [0.5, 0.6) is 0 Å². The van der Waals surface area contributed by atoms with Crippen molar-refractivity contribution in [3.05, 3.63) is 95.6 Å². The van der Waals surface area contributed by atoms with Crippen LogP contribution < -0.4 is 5.32 Å². The second-order valence-electron chi connectivity index (χ2n) is 10.2.